The molecule has 0 saturated carbocycles. The molecule has 0 spiro atoms. The number of esters is 1. The maximum Gasteiger partial charge on any atom is 0.331 e. The standard InChI is InChI=1S/C21H21BrN2O5/c1-2-28-16-10-7-15(8-11-16)9-12-21(27)29-14-20(26)23-13-19(25)24-18-6-4-3-5-17(18)22/h3-12H,2,13-14H2,1H3,(H,23,26)(H,24,25)/b12-9+. The molecule has 8 heteroatoms. The predicted molar refractivity (Wildman–Crippen MR) is 113 cm³/mol. The molecule has 2 amide bonds. The van der Waals surface area contributed by atoms with Crippen LogP contribution in [0.3, 0.4) is 0 Å². The molecule has 0 aliphatic heterocycles. The van der Waals surface area contributed by atoms with Crippen molar-refractivity contribution in [2.24, 2.45) is 0 Å². The van der Waals surface area contributed by atoms with Crippen LogP contribution < -0.4 is 15.4 Å². The number of carbonyl (C=O) groups excluding carboxylic acids is 3. The lowest BCUT2D eigenvalue weighted by molar-refractivity contribution is -0.143. The SMILES string of the molecule is CCOc1ccc(/C=C/C(=O)OCC(=O)NCC(=O)Nc2ccccc2Br)cc1. The molecule has 2 rings (SSSR count). The first kappa shape index (κ1) is 22.2. The highest BCUT2D eigenvalue weighted by Gasteiger charge is 2.09. The summed E-state index contributed by atoms with van der Waals surface area (Å²) in [6.45, 7) is 1.76. The Hall–Kier alpha value is -3.13. The Morgan fingerprint density at radius 3 is 2.45 bits per heavy atom. The van der Waals surface area contributed by atoms with E-state index in [0.29, 0.717) is 12.3 Å². The molecule has 0 fully saturated rings. The van der Waals surface area contributed by atoms with E-state index in [9.17, 15) is 14.4 Å². The normalized spacial score (nSPS) is 10.4. The van der Waals surface area contributed by atoms with Crippen LogP contribution in [-0.2, 0) is 19.1 Å². The summed E-state index contributed by atoms with van der Waals surface area (Å²) in [5.74, 6) is -0.888. The molecule has 2 aromatic rings. The van der Waals surface area contributed by atoms with Crippen molar-refractivity contribution in [1.29, 1.82) is 0 Å². The second kappa shape index (κ2) is 11.7. The number of anilines is 1. The zero-order valence-electron chi connectivity index (χ0n) is 15.8. The summed E-state index contributed by atoms with van der Waals surface area (Å²) in [6.07, 6.45) is 2.80. The van der Waals surface area contributed by atoms with Gasteiger partial charge in [0.2, 0.25) is 5.91 Å². The minimum Gasteiger partial charge on any atom is -0.494 e. The van der Waals surface area contributed by atoms with E-state index in [-0.39, 0.29) is 6.54 Å². The fourth-order valence-electron chi connectivity index (χ4n) is 2.18. The van der Waals surface area contributed by atoms with Gasteiger partial charge in [0.25, 0.3) is 5.91 Å². The van der Waals surface area contributed by atoms with E-state index in [4.69, 9.17) is 9.47 Å². The maximum absolute atomic E-state index is 11.9. The van der Waals surface area contributed by atoms with Crippen LogP contribution in [0, 0.1) is 0 Å². The summed E-state index contributed by atoms with van der Waals surface area (Å²) in [6, 6.07) is 14.3. The summed E-state index contributed by atoms with van der Waals surface area (Å²) in [4.78, 5) is 35.3. The molecule has 0 unspecified atom stereocenters. The van der Waals surface area contributed by atoms with Gasteiger partial charge in [0, 0.05) is 10.5 Å². The van der Waals surface area contributed by atoms with Crippen molar-refractivity contribution in [1.82, 2.24) is 5.32 Å². The molecule has 0 aliphatic rings. The number of nitrogens with one attached hydrogen (secondary N) is 2. The Morgan fingerprint density at radius 1 is 1.03 bits per heavy atom. The Morgan fingerprint density at radius 2 is 1.76 bits per heavy atom. The molecule has 0 bridgehead atoms. The van der Waals surface area contributed by atoms with E-state index in [1.54, 1.807) is 48.5 Å². The van der Waals surface area contributed by atoms with Gasteiger partial charge < -0.3 is 20.1 Å². The predicted octanol–water partition coefficient (Wildman–Crippen LogP) is 3.16. The van der Waals surface area contributed by atoms with Gasteiger partial charge in [-0.2, -0.15) is 0 Å². The summed E-state index contributed by atoms with van der Waals surface area (Å²) in [5.41, 5.74) is 1.39. The van der Waals surface area contributed by atoms with E-state index in [1.807, 2.05) is 13.0 Å². The number of para-hydroxylation sites is 1. The highest BCUT2D eigenvalue weighted by molar-refractivity contribution is 9.10. The molecule has 29 heavy (non-hydrogen) atoms. The largest absolute Gasteiger partial charge is 0.494 e. The van der Waals surface area contributed by atoms with Crippen molar-refractivity contribution in [3.63, 3.8) is 0 Å². The van der Waals surface area contributed by atoms with E-state index in [0.717, 1.165) is 15.8 Å². The van der Waals surface area contributed by atoms with Gasteiger partial charge in [-0.25, -0.2) is 4.79 Å². The number of hydrogen-bond donors (Lipinski definition) is 2. The van der Waals surface area contributed by atoms with Crippen molar-refractivity contribution in [3.8, 4) is 5.75 Å². The topological polar surface area (TPSA) is 93.7 Å². The first-order valence-electron chi connectivity index (χ1n) is 8.86. The number of rotatable bonds is 9. The lowest BCUT2D eigenvalue weighted by atomic mass is 10.2. The van der Waals surface area contributed by atoms with Crippen molar-refractivity contribution >= 4 is 45.5 Å². The van der Waals surface area contributed by atoms with E-state index in [1.165, 1.54) is 6.08 Å². The van der Waals surface area contributed by atoms with Crippen molar-refractivity contribution in [2.75, 3.05) is 25.1 Å². The Balaban J connectivity index is 1.69. The molecule has 7 nitrogen and oxygen atoms in total. The fourth-order valence-corrected chi connectivity index (χ4v) is 2.56. The summed E-state index contributed by atoms with van der Waals surface area (Å²) >= 11 is 3.32. The van der Waals surface area contributed by atoms with Gasteiger partial charge in [-0.1, -0.05) is 24.3 Å². The average Bonchev–Trinajstić information content (AvgIpc) is 2.72. The van der Waals surface area contributed by atoms with Gasteiger partial charge in [0.05, 0.1) is 18.8 Å². The summed E-state index contributed by atoms with van der Waals surface area (Å²) in [7, 11) is 0. The van der Waals surface area contributed by atoms with Crippen LogP contribution >= 0.6 is 15.9 Å². The Bertz CT molecular complexity index is 881. The summed E-state index contributed by atoms with van der Waals surface area (Å²) in [5, 5.41) is 5.04. The molecule has 0 aliphatic carbocycles. The third-order valence-corrected chi connectivity index (χ3v) is 4.23. The molecular formula is C21H21BrN2O5. The molecule has 152 valence electrons. The van der Waals surface area contributed by atoms with Crippen LogP contribution in [0.2, 0.25) is 0 Å². The second-order valence-corrected chi connectivity index (χ2v) is 6.60. The quantitative estimate of drug-likeness (QED) is 0.442. The molecule has 0 heterocycles. The average molecular weight is 461 g/mol. The number of halogens is 1. The van der Waals surface area contributed by atoms with Gasteiger partial charge in [-0.15, -0.1) is 0 Å². The molecule has 0 aromatic heterocycles. The number of ether oxygens (including phenoxy) is 2. The number of carbonyl (C=O) groups is 3. The van der Waals surface area contributed by atoms with Gasteiger partial charge >= 0.3 is 5.97 Å². The van der Waals surface area contributed by atoms with Gasteiger partial charge in [-0.3, -0.25) is 9.59 Å². The molecule has 2 N–H and O–H groups in total. The molecule has 2 aromatic carbocycles. The molecule has 0 atom stereocenters. The summed E-state index contributed by atoms with van der Waals surface area (Å²) < 4.78 is 10.9. The maximum atomic E-state index is 11.9. The van der Waals surface area contributed by atoms with Crippen LogP contribution in [-0.4, -0.2) is 37.5 Å². The minimum absolute atomic E-state index is 0.236. The fraction of sp³-hybridized carbons (Fsp3) is 0.190. The number of hydrogen-bond acceptors (Lipinski definition) is 5. The lowest BCUT2D eigenvalue weighted by Gasteiger charge is -2.08. The number of benzene rings is 2. The van der Waals surface area contributed by atoms with E-state index >= 15 is 0 Å². The molecule has 0 saturated heterocycles. The van der Waals surface area contributed by atoms with Crippen molar-refractivity contribution in [2.45, 2.75) is 6.92 Å². The first-order chi connectivity index (χ1) is 14.0. The zero-order chi connectivity index (χ0) is 21.1. The van der Waals surface area contributed by atoms with Crippen LogP contribution in [0.5, 0.6) is 5.75 Å². The van der Waals surface area contributed by atoms with Crippen LogP contribution in [0.25, 0.3) is 6.08 Å². The second-order valence-electron chi connectivity index (χ2n) is 5.75. The van der Waals surface area contributed by atoms with Crippen LogP contribution in [0.1, 0.15) is 12.5 Å². The highest BCUT2D eigenvalue weighted by atomic mass is 79.9. The molecular weight excluding hydrogens is 440 g/mol. The highest BCUT2D eigenvalue weighted by Crippen LogP contribution is 2.20. The van der Waals surface area contributed by atoms with Gasteiger partial charge in [0.15, 0.2) is 6.61 Å². The molecule has 0 radical (unpaired) electrons. The smallest absolute Gasteiger partial charge is 0.331 e. The van der Waals surface area contributed by atoms with E-state index in [2.05, 4.69) is 26.6 Å². The Labute approximate surface area is 177 Å². The van der Waals surface area contributed by atoms with Crippen LogP contribution in [0.4, 0.5) is 5.69 Å². The van der Waals surface area contributed by atoms with Crippen molar-refractivity contribution in [3.05, 3.63) is 64.6 Å². The van der Waals surface area contributed by atoms with Crippen LogP contribution in [0.15, 0.2) is 59.1 Å². The third kappa shape index (κ3) is 8.18. The van der Waals surface area contributed by atoms with Gasteiger partial charge in [-0.05, 0) is 58.8 Å². The number of amides is 2. The van der Waals surface area contributed by atoms with E-state index < -0.39 is 24.4 Å². The van der Waals surface area contributed by atoms with Crippen molar-refractivity contribution < 1.29 is 23.9 Å². The van der Waals surface area contributed by atoms with Gasteiger partial charge in [0.1, 0.15) is 5.75 Å². The minimum atomic E-state index is -0.660. The lowest BCUT2D eigenvalue weighted by Crippen LogP contribution is -2.35. The Kier molecular flexibility index (Phi) is 8.91. The first-order valence-corrected chi connectivity index (χ1v) is 9.66. The third-order valence-electron chi connectivity index (χ3n) is 3.54. The zero-order valence-corrected chi connectivity index (χ0v) is 17.4. The monoisotopic (exact) mass is 460 g/mol.